The largest absolute Gasteiger partial charge is 0.356 e. The van der Waals surface area contributed by atoms with Crippen molar-refractivity contribution in [1.29, 1.82) is 0 Å². The summed E-state index contributed by atoms with van der Waals surface area (Å²) in [5.41, 5.74) is 0. The highest BCUT2D eigenvalue weighted by molar-refractivity contribution is 5.80. The van der Waals surface area contributed by atoms with Crippen LogP contribution in [0, 0.1) is 0 Å². The van der Waals surface area contributed by atoms with E-state index in [0.717, 1.165) is 31.4 Å². The van der Waals surface area contributed by atoms with Gasteiger partial charge in [0.05, 0.1) is 0 Å². The number of likely N-dealkylation sites (tertiary alicyclic amines) is 1. The summed E-state index contributed by atoms with van der Waals surface area (Å²) in [6, 6.07) is 1.30. The van der Waals surface area contributed by atoms with Crippen molar-refractivity contribution in [2.24, 2.45) is 4.99 Å². The third kappa shape index (κ3) is 4.82. The van der Waals surface area contributed by atoms with Crippen LogP contribution in [-0.2, 0) is 0 Å². The summed E-state index contributed by atoms with van der Waals surface area (Å²) in [6.07, 6.45) is 12.0. The smallest absolute Gasteiger partial charge is 0.191 e. The molecule has 1 unspecified atom stereocenters. The first-order chi connectivity index (χ1) is 9.79. The predicted molar refractivity (Wildman–Crippen MR) is 86.2 cm³/mol. The van der Waals surface area contributed by atoms with Crippen molar-refractivity contribution in [3.05, 3.63) is 12.2 Å². The van der Waals surface area contributed by atoms with Crippen LogP contribution in [0.4, 0.5) is 0 Å². The Kier molecular flexibility index (Phi) is 6.37. The van der Waals surface area contributed by atoms with E-state index in [1.807, 2.05) is 7.05 Å². The fourth-order valence-corrected chi connectivity index (χ4v) is 3.10. The Labute approximate surface area is 123 Å². The summed E-state index contributed by atoms with van der Waals surface area (Å²) in [5.74, 6) is 0.949. The summed E-state index contributed by atoms with van der Waals surface area (Å²) in [6.45, 7) is 5.85. The molecule has 0 spiro atoms. The maximum atomic E-state index is 4.30. The highest BCUT2D eigenvalue weighted by Gasteiger charge is 2.17. The second kappa shape index (κ2) is 8.30. The number of rotatable bonds is 5. The van der Waals surface area contributed by atoms with Crippen molar-refractivity contribution < 1.29 is 0 Å². The van der Waals surface area contributed by atoms with E-state index in [2.05, 4.69) is 39.6 Å². The molecule has 0 amide bonds. The molecule has 1 aliphatic heterocycles. The van der Waals surface area contributed by atoms with E-state index in [9.17, 15) is 0 Å². The third-order valence-corrected chi connectivity index (χ3v) is 4.43. The zero-order valence-corrected chi connectivity index (χ0v) is 13.1. The molecule has 4 heteroatoms. The summed E-state index contributed by atoms with van der Waals surface area (Å²) in [4.78, 5) is 6.93. The van der Waals surface area contributed by atoms with Crippen molar-refractivity contribution in [3.8, 4) is 0 Å². The molecule has 2 rings (SSSR count). The van der Waals surface area contributed by atoms with Gasteiger partial charge in [0.25, 0.3) is 0 Å². The fourth-order valence-electron chi connectivity index (χ4n) is 3.10. The van der Waals surface area contributed by atoms with Crippen LogP contribution in [0.5, 0.6) is 0 Å². The van der Waals surface area contributed by atoms with E-state index in [4.69, 9.17) is 0 Å². The Morgan fingerprint density at radius 2 is 2.10 bits per heavy atom. The molecular weight excluding hydrogens is 248 g/mol. The van der Waals surface area contributed by atoms with Gasteiger partial charge in [-0.3, -0.25) is 4.99 Å². The first-order valence-corrected chi connectivity index (χ1v) is 8.16. The molecule has 20 heavy (non-hydrogen) atoms. The lowest BCUT2D eigenvalue weighted by atomic mass is 10.0. The summed E-state index contributed by atoms with van der Waals surface area (Å²) in [7, 11) is 1.85. The van der Waals surface area contributed by atoms with Crippen molar-refractivity contribution in [1.82, 2.24) is 15.5 Å². The molecule has 1 atom stereocenters. The molecule has 4 nitrogen and oxygen atoms in total. The maximum absolute atomic E-state index is 4.30. The quantitative estimate of drug-likeness (QED) is 0.350. The van der Waals surface area contributed by atoms with E-state index in [1.165, 1.54) is 38.8 Å². The van der Waals surface area contributed by atoms with Crippen LogP contribution in [0.2, 0.25) is 0 Å². The van der Waals surface area contributed by atoms with Gasteiger partial charge >= 0.3 is 0 Å². The topological polar surface area (TPSA) is 39.7 Å². The predicted octanol–water partition coefficient (Wildman–Crippen LogP) is 2.13. The van der Waals surface area contributed by atoms with E-state index in [1.54, 1.807) is 0 Å². The van der Waals surface area contributed by atoms with Crippen LogP contribution >= 0.6 is 0 Å². The highest BCUT2D eigenvalue weighted by Crippen LogP contribution is 2.16. The Balaban J connectivity index is 1.59. The molecule has 2 N–H and O–H groups in total. The second-order valence-electron chi connectivity index (χ2n) is 6.02. The lowest BCUT2D eigenvalue weighted by Gasteiger charge is -2.33. The number of aliphatic imine (C=N–C) groups is 1. The van der Waals surface area contributed by atoms with Gasteiger partial charge in [0.15, 0.2) is 5.96 Å². The third-order valence-electron chi connectivity index (χ3n) is 4.43. The normalized spacial score (nSPS) is 25.1. The monoisotopic (exact) mass is 278 g/mol. The molecule has 0 radical (unpaired) electrons. The van der Waals surface area contributed by atoms with Gasteiger partial charge in [0.2, 0.25) is 0 Å². The number of nitrogens with zero attached hydrogens (tertiary/aromatic N) is 2. The average Bonchev–Trinajstić information content (AvgIpc) is 2.97. The molecule has 1 aliphatic carbocycles. The summed E-state index contributed by atoms with van der Waals surface area (Å²) < 4.78 is 0. The zero-order chi connectivity index (χ0) is 14.2. The van der Waals surface area contributed by atoms with Gasteiger partial charge in [-0.2, -0.15) is 0 Å². The van der Waals surface area contributed by atoms with Crippen molar-refractivity contribution in [2.45, 2.75) is 57.5 Å². The van der Waals surface area contributed by atoms with E-state index in [0.29, 0.717) is 6.04 Å². The summed E-state index contributed by atoms with van der Waals surface area (Å²) >= 11 is 0. The fraction of sp³-hybridized carbons (Fsp3) is 0.812. The lowest BCUT2D eigenvalue weighted by molar-refractivity contribution is 0.159. The van der Waals surface area contributed by atoms with Crippen LogP contribution in [0.25, 0.3) is 0 Å². The minimum absolute atomic E-state index is 0.531. The molecule has 2 aliphatic rings. The van der Waals surface area contributed by atoms with Gasteiger partial charge in [0, 0.05) is 32.2 Å². The number of guanidine groups is 1. The van der Waals surface area contributed by atoms with Crippen LogP contribution in [0.3, 0.4) is 0 Å². The Bertz CT molecular complexity index is 329. The van der Waals surface area contributed by atoms with Crippen LogP contribution in [-0.4, -0.2) is 49.6 Å². The lowest BCUT2D eigenvalue weighted by Crippen LogP contribution is -2.44. The molecule has 1 saturated heterocycles. The number of nitrogens with one attached hydrogen (secondary N) is 2. The summed E-state index contributed by atoms with van der Waals surface area (Å²) in [5, 5.41) is 6.91. The Morgan fingerprint density at radius 1 is 1.30 bits per heavy atom. The second-order valence-corrected chi connectivity index (χ2v) is 6.02. The van der Waals surface area contributed by atoms with Crippen molar-refractivity contribution >= 4 is 5.96 Å². The molecule has 0 aromatic rings. The molecule has 0 aromatic heterocycles. The number of piperidine rings is 1. The first-order valence-electron chi connectivity index (χ1n) is 8.16. The van der Waals surface area contributed by atoms with Crippen LogP contribution in [0.1, 0.15) is 45.4 Å². The van der Waals surface area contributed by atoms with Gasteiger partial charge in [0.1, 0.15) is 0 Å². The van der Waals surface area contributed by atoms with Crippen molar-refractivity contribution in [3.63, 3.8) is 0 Å². The Hall–Kier alpha value is -1.03. The molecule has 1 fully saturated rings. The minimum Gasteiger partial charge on any atom is -0.356 e. The van der Waals surface area contributed by atoms with E-state index < -0.39 is 0 Å². The standard InChI is InChI=1S/C16H30N4/c1-14-8-5-6-12-20(14)13-7-11-18-16(17-2)19-15-9-3-4-10-15/h3-4,14-15H,5-13H2,1-2H3,(H2,17,18,19). The molecule has 0 aromatic carbocycles. The first kappa shape index (κ1) is 15.4. The zero-order valence-electron chi connectivity index (χ0n) is 13.1. The van der Waals surface area contributed by atoms with Crippen LogP contribution in [0.15, 0.2) is 17.1 Å². The average molecular weight is 278 g/mol. The number of hydrogen-bond donors (Lipinski definition) is 2. The Morgan fingerprint density at radius 3 is 2.80 bits per heavy atom. The molecule has 0 bridgehead atoms. The van der Waals surface area contributed by atoms with Gasteiger partial charge in [-0.25, -0.2) is 0 Å². The minimum atomic E-state index is 0.531. The van der Waals surface area contributed by atoms with Gasteiger partial charge in [-0.05, 0) is 45.6 Å². The molecule has 0 saturated carbocycles. The molecular formula is C16H30N4. The van der Waals surface area contributed by atoms with E-state index >= 15 is 0 Å². The van der Waals surface area contributed by atoms with Gasteiger partial charge in [-0.15, -0.1) is 0 Å². The van der Waals surface area contributed by atoms with Crippen molar-refractivity contribution in [2.75, 3.05) is 26.7 Å². The molecule has 1 heterocycles. The SMILES string of the molecule is CN=C(NCCCN1CCCCC1C)NC1CC=CC1. The van der Waals surface area contributed by atoms with Crippen LogP contribution < -0.4 is 10.6 Å². The van der Waals surface area contributed by atoms with Gasteiger partial charge in [-0.1, -0.05) is 18.6 Å². The van der Waals surface area contributed by atoms with Gasteiger partial charge < -0.3 is 15.5 Å². The number of hydrogen-bond acceptors (Lipinski definition) is 2. The molecule has 114 valence electrons. The maximum Gasteiger partial charge on any atom is 0.191 e. The van der Waals surface area contributed by atoms with E-state index in [-0.39, 0.29) is 0 Å². The highest BCUT2D eigenvalue weighted by atomic mass is 15.2.